The molecule has 0 bridgehead atoms. The standard InChI is InChI=1S/C52H33NO/c1-2-10-34(11-3-1)35-22-27-42(28-23-35)53(48-33-40-13-5-7-15-45(40)51-47-16-8-9-17-49(47)54-52(48)51)43-29-24-36(25-30-43)39-26-31-46-41(32-39)21-20-38-19-18-37-12-4-6-14-44(37)50(38)46/h1-33H. The Balaban J connectivity index is 1.07. The van der Waals surface area contributed by atoms with Gasteiger partial charge in [0.15, 0.2) is 5.58 Å². The Morgan fingerprint density at radius 2 is 0.815 bits per heavy atom. The molecule has 0 N–H and O–H groups in total. The van der Waals surface area contributed by atoms with Gasteiger partial charge in [-0.1, -0.05) is 158 Å². The maximum atomic E-state index is 6.76. The third-order valence-corrected chi connectivity index (χ3v) is 11.0. The van der Waals surface area contributed by atoms with E-state index in [1.807, 2.05) is 6.07 Å². The van der Waals surface area contributed by atoms with E-state index in [0.717, 1.165) is 39.0 Å². The van der Waals surface area contributed by atoms with Crippen LogP contribution in [-0.4, -0.2) is 0 Å². The van der Waals surface area contributed by atoms with Crippen molar-refractivity contribution in [1.29, 1.82) is 0 Å². The number of fused-ring (bicyclic) bond motifs is 10. The Bertz CT molecular complexity index is 3190. The molecule has 11 aromatic rings. The highest BCUT2D eigenvalue weighted by Crippen LogP contribution is 2.46. The van der Waals surface area contributed by atoms with Gasteiger partial charge in [0.2, 0.25) is 0 Å². The second-order valence-electron chi connectivity index (χ2n) is 14.1. The van der Waals surface area contributed by atoms with Crippen molar-refractivity contribution in [1.82, 2.24) is 0 Å². The molecular formula is C52H33NO. The third kappa shape index (κ3) is 4.88. The van der Waals surface area contributed by atoms with Gasteiger partial charge in [0.25, 0.3) is 0 Å². The van der Waals surface area contributed by atoms with Crippen LogP contribution in [0.15, 0.2) is 205 Å². The third-order valence-electron chi connectivity index (χ3n) is 11.0. The van der Waals surface area contributed by atoms with Gasteiger partial charge in [-0.2, -0.15) is 0 Å². The SMILES string of the molecule is c1ccc(-c2ccc(N(c3ccc(-c4ccc5c(ccc6ccc7ccccc7c65)c4)cc3)c3cc4ccccc4c4c3oc3ccccc34)cc2)cc1. The molecule has 0 saturated carbocycles. The van der Waals surface area contributed by atoms with E-state index >= 15 is 0 Å². The second-order valence-corrected chi connectivity index (χ2v) is 14.1. The summed E-state index contributed by atoms with van der Waals surface area (Å²) in [5, 5.41) is 12.3. The summed E-state index contributed by atoms with van der Waals surface area (Å²) in [5.74, 6) is 0. The lowest BCUT2D eigenvalue weighted by molar-refractivity contribution is 0.669. The minimum atomic E-state index is 0.875. The molecule has 2 heteroatoms. The largest absolute Gasteiger partial charge is 0.454 e. The molecule has 0 spiro atoms. The van der Waals surface area contributed by atoms with Gasteiger partial charge in [0, 0.05) is 22.1 Å². The molecule has 1 aromatic heterocycles. The van der Waals surface area contributed by atoms with Crippen molar-refractivity contribution in [2.75, 3.05) is 4.90 Å². The first-order chi connectivity index (χ1) is 26.8. The number of anilines is 3. The zero-order valence-electron chi connectivity index (χ0n) is 29.4. The van der Waals surface area contributed by atoms with Gasteiger partial charge in [-0.25, -0.2) is 0 Å². The van der Waals surface area contributed by atoms with Crippen LogP contribution in [0, 0.1) is 0 Å². The average molecular weight is 688 g/mol. The molecule has 10 aromatic carbocycles. The van der Waals surface area contributed by atoms with Crippen LogP contribution in [0.2, 0.25) is 0 Å². The normalized spacial score (nSPS) is 11.7. The van der Waals surface area contributed by atoms with Gasteiger partial charge in [-0.15, -0.1) is 0 Å². The molecule has 2 nitrogen and oxygen atoms in total. The van der Waals surface area contributed by atoms with E-state index in [1.54, 1.807) is 0 Å². The van der Waals surface area contributed by atoms with Crippen molar-refractivity contribution >= 4 is 82.1 Å². The van der Waals surface area contributed by atoms with E-state index < -0.39 is 0 Å². The Hall–Kier alpha value is -7.16. The Morgan fingerprint density at radius 3 is 1.56 bits per heavy atom. The summed E-state index contributed by atoms with van der Waals surface area (Å²) in [4.78, 5) is 2.34. The molecule has 1 heterocycles. The van der Waals surface area contributed by atoms with E-state index in [2.05, 4.69) is 199 Å². The summed E-state index contributed by atoms with van der Waals surface area (Å²) in [5.41, 5.74) is 9.62. The summed E-state index contributed by atoms with van der Waals surface area (Å²) in [7, 11) is 0. The molecule has 0 fully saturated rings. The highest BCUT2D eigenvalue weighted by atomic mass is 16.3. The maximum Gasteiger partial charge on any atom is 0.160 e. The number of furan rings is 1. The van der Waals surface area contributed by atoms with Gasteiger partial charge in [0.05, 0.1) is 5.69 Å². The topological polar surface area (TPSA) is 16.4 Å². The predicted octanol–water partition coefficient (Wildman–Crippen LogP) is 15.0. The summed E-state index contributed by atoms with van der Waals surface area (Å²) in [6.45, 7) is 0. The Kier molecular flexibility index (Phi) is 6.90. The number of para-hydroxylation sites is 1. The number of rotatable bonds is 5. The maximum absolute atomic E-state index is 6.76. The van der Waals surface area contributed by atoms with Crippen molar-refractivity contribution in [2.24, 2.45) is 0 Å². The van der Waals surface area contributed by atoms with Gasteiger partial charge in [0.1, 0.15) is 5.58 Å². The molecule has 252 valence electrons. The molecule has 0 saturated heterocycles. The number of hydrogen-bond donors (Lipinski definition) is 0. The van der Waals surface area contributed by atoms with Crippen LogP contribution in [0.25, 0.3) is 87.3 Å². The van der Waals surface area contributed by atoms with Gasteiger partial charge >= 0.3 is 0 Å². The van der Waals surface area contributed by atoms with E-state index in [4.69, 9.17) is 4.42 Å². The van der Waals surface area contributed by atoms with Crippen molar-refractivity contribution in [3.05, 3.63) is 200 Å². The number of nitrogens with zero attached hydrogens (tertiary/aromatic N) is 1. The van der Waals surface area contributed by atoms with Gasteiger partial charge < -0.3 is 9.32 Å². The molecule has 0 atom stereocenters. The van der Waals surface area contributed by atoms with Crippen molar-refractivity contribution in [3.63, 3.8) is 0 Å². The van der Waals surface area contributed by atoms with E-state index in [1.165, 1.54) is 65.3 Å². The van der Waals surface area contributed by atoms with Crippen LogP contribution >= 0.6 is 0 Å². The molecule has 0 aliphatic heterocycles. The van der Waals surface area contributed by atoms with Crippen LogP contribution in [0.5, 0.6) is 0 Å². The lowest BCUT2D eigenvalue weighted by Gasteiger charge is -2.26. The highest BCUT2D eigenvalue weighted by molar-refractivity contribution is 6.23. The van der Waals surface area contributed by atoms with Crippen molar-refractivity contribution in [3.8, 4) is 22.3 Å². The number of hydrogen-bond acceptors (Lipinski definition) is 2. The monoisotopic (exact) mass is 687 g/mol. The Morgan fingerprint density at radius 1 is 0.315 bits per heavy atom. The highest BCUT2D eigenvalue weighted by Gasteiger charge is 2.22. The fraction of sp³-hybridized carbons (Fsp3) is 0. The molecule has 11 rings (SSSR count). The second kappa shape index (κ2) is 12.2. The summed E-state index contributed by atoms with van der Waals surface area (Å²) in [6.07, 6.45) is 0. The van der Waals surface area contributed by atoms with Crippen LogP contribution in [0.4, 0.5) is 17.1 Å². The fourth-order valence-corrected chi connectivity index (χ4v) is 8.40. The Labute approximate surface area is 312 Å². The van der Waals surface area contributed by atoms with E-state index in [-0.39, 0.29) is 0 Å². The zero-order valence-corrected chi connectivity index (χ0v) is 29.4. The molecule has 54 heavy (non-hydrogen) atoms. The summed E-state index contributed by atoms with van der Waals surface area (Å²) < 4.78 is 6.76. The first-order valence-electron chi connectivity index (χ1n) is 18.5. The van der Waals surface area contributed by atoms with Crippen LogP contribution < -0.4 is 4.90 Å². The quantitative estimate of drug-likeness (QED) is 0.168. The minimum Gasteiger partial charge on any atom is -0.454 e. The minimum absolute atomic E-state index is 0.875. The first kappa shape index (κ1) is 30.5. The predicted molar refractivity (Wildman–Crippen MR) is 229 cm³/mol. The molecule has 0 amide bonds. The molecule has 0 aliphatic rings. The van der Waals surface area contributed by atoms with Crippen LogP contribution in [0.1, 0.15) is 0 Å². The molecule has 0 radical (unpaired) electrons. The van der Waals surface area contributed by atoms with Gasteiger partial charge in [-0.05, 0) is 108 Å². The number of benzene rings is 10. The van der Waals surface area contributed by atoms with Gasteiger partial charge in [-0.3, -0.25) is 0 Å². The first-order valence-corrected chi connectivity index (χ1v) is 18.5. The van der Waals surface area contributed by atoms with Crippen LogP contribution in [-0.2, 0) is 0 Å². The van der Waals surface area contributed by atoms with E-state index in [9.17, 15) is 0 Å². The van der Waals surface area contributed by atoms with Crippen molar-refractivity contribution < 1.29 is 4.42 Å². The summed E-state index contributed by atoms with van der Waals surface area (Å²) in [6, 6.07) is 72.2. The van der Waals surface area contributed by atoms with Crippen molar-refractivity contribution in [2.45, 2.75) is 0 Å². The smallest absolute Gasteiger partial charge is 0.160 e. The summed E-state index contributed by atoms with van der Waals surface area (Å²) >= 11 is 0. The average Bonchev–Trinajstić information content (AvgIpc) is 3.64. The fourth-order valence-electron chi connectivity index (χ4n) is 8.40. The zero-order chi connectivity index (χ0) is 35.6. The lowest BCUT2D eigenvalue weighted by atomic mass is 9.94. The van der Waals surface area contributed by atoms with Crippen LogP contribution in [0.3, 0.4) is 0 Å². The molecule has 0 unspecified atom stereocenters. The van der Waals surface area contributed by atoms with E-state index in [0.29, 0.717) is 0 Å². The lowest BCUT2D eigenvalue weighted by Crippen LogP contribution is -2.10. The molecule has 0 aliphatic carbocycles. The molecular weight excluding hydrogens is 655 g/mol.